The summed E-state index contributed by atoms with van der Waals surface area (Å²) in [5, 5.41) is 0. The molecule has 2 aromatic rings. The zero-order chi connectivity index (χ0) is 11.7. The average Bonchev–Trinajstić information content (AvgIpc) is 3.11. The molecule has 0 spiro atoms. The molecule has 5 rings (SSSR count). The van der Waals surface area contributed by atoms with E-state index in [1.165, 1.54) is 46.2 Å². The van der Waals surface area contributed by atoms with Crippen LogP contribution >= 0.6 is 0 Å². The Morgan fingerprint density at radius 1 is 0.944 bits per heavy atom. The van der Waals surface area contributed by atoms with Crippen LogP contribution in [0.3, 0.4) is 0 Å². The van der Waals surface area contributed by atoms with Gasteiger partial charge in [0.15, 0.2) is 0 Å². The van der Waals surface area contributed by atoms with Gasteiger partial charge in [0, 0.05) is 0 Å². The Bertz CT molecular complexity index is 671. The fraction of sp³-hybridized carbons (Fsp3) is 0.294. The maximum Gasteiger partial charge on any atom is 0.109 e. The van der Waals surface area contributed by atoms with Crippen LogP contribution in [-0.2, 0) is 17.6 Å². The van der Waals surface area contributed by atoms with Crippen molar-refractivity contribution in [1.82, 2.24) is 0 Å². The van der Waals surface area contributed by atoms with Crippen LogP contribution in [0, 0.1) is 0 Å². The summed E-state index contributed by atoms with van der Waals surface area (Å²) in [4.78, 5) is 0. The first-order valence-corrected chi connectivity index (χ1v) is 6.79. The van der Waals surface area contributed by atoms with Gasteiger partial charge in [-0.05, 0) is 58.7 Å². The third kappa shape index (κ3) is 1.10. The highest BCUT2D eigenvalue weighted by molar-refractivity contribution is 5.78. The maximum absolute atomic E-state index is 5.75. The lowest BCUT2D eigenvalue weighted by Gasteiger charge is -2.14. The lowest BCUT2D eigenvalue weighted by Crippen LogP contribution is -2.05. The molecule has 0 saturated carbocycles. The Labute approximate surface area is 106 Å². The largest absolute Gasteiger partial charge is 0.364 e. The molecular formula is C17H14O. The Morgan fingerprint density at radius 3 is 2.89 bits per heavy atom. The van der Waals surface area contributed by atoms with Gasteiger partial charge in [0.1, 0.15) is 6.10 Å². The second kappa shape index (κ2) is 3.04. The first kappa shape index (κ1) is 9.35. The minimum atomic E-state index is 0.409. The van der Waals surface area contributed by atoms with Crippen molar-refractivity contribution in [1.29, 1.82) is 0 Å². The monoisotopic (exact) mass is 234 g/mol. The number of rotatable bonds is 0. The molecule has 3 aliphatic rings. The fourth-order valence-electron chi connectivity index (χ4n) is 3.67. The van der Waals surface area contributed by atoms with Gasteiger partial charge >= 0.3 is 0 Å². The smallest absolute Gasteiger partial charge is 0.109 e. The molecule has 1 nitrogen and oxygen atoms in total. The molecule has 0 amide bonds. The summed E-state index contributed by atoms with van der Waals surface area (Å²) in [5.74, 6) is 0. The standard InChI is InChI=1S/C17H14O/c1-2-4-13-10(3-1)7-12-8-11-5-6-16-17(18-16)15(11)9-14(12)13/h1-4,8-9,16-17H,5-7H2. The van der Waals surface area contributed by atoms with Gasteiger partial charge in [0.2, 0.25) is 0 Å². The highest BCUT2D eigenvalue weighted by Gasteiger charge is 2.44. The lowest BCUT2D eigenvalue weighted by atomic mass is 9.88. The molecular weight excluding hydrogens is 220 g/mol. The van der Waals surface area contributed by atoms with Gasteiger partial charge < -0.3 is 4.74 Å². The molecule has 1 heterocycles. The molecule has 1 heteroatoms. The predicted octanol–water partition coefficient (Wildman–Crippen LogP) is 3.64. The van der Waals surface area contributed by atoms with Crippen molar-refractivity contribution in [3.63, 3.8) is 0 Å². The molecule has 2 aromatic carbocycles. The Balaban J connectivity index is 1.75. The Morgan fingerprint density at radius 2 is 1.89 bits per heavy atom. The SMILES string of the molecule is c1ccc2c(c1)Cc1cc3c(cc1-2)C1OC1CC3. The average molecular weight is 234 g/mol. The molecule has 2 atom stereocenters. The lowest BCUT2D eigenvalue weighted by molar-refractivity contribution is 0.373. The summed E-state index contributed by atoms with van der Waals surface area (Å²) < 4.78 is 5.75. The van der Waals surface area contributed by atoms with Gasteiger partial charge in [-0.25, -0.2) is 0 Å². The summed E-state index contributed by atoms with van der Waals surface area (Å²) in [6.45, 7) is 0. The summed E-state index contributed by atoms with van der Waals surface area (Å²) in [5.41, 5.74) is 8.85. The number of aryl methyl sites for hydroxylation is 1. The first-order valence-electron chi connectivity index (χ1n) is 6.79. The third-order valence-electron chi connectivity index (χ3n) is 4.64. The molecule has 88 valence electrons. The van der Waals surface area contributed by atoms with Crippen molar-refractivity contribution >= 4 is 0 Å². The van der Waals surface area contributed by atoms with Gasteiger partial charge in [-0.2, -0.15) is 0 Å². The molecule has 0 bridgehead atoms. The van der Waals surface area contributed by atoms with Crippen LogP contribution in [0.4, 0.5) is 0 Å². The zero-order valence-corrected chi connectivity index (χ0v) is 10.1. The predicted molar refractivity (Wildman–Crippen MR) is 70.6 cm³/mol. The second-order valence-electron chi connectivity index (χ2n) is 5.68. The summed E-state index contributed by atoms with van der Waals surface area (Å²) >= 11 is 0. The van der Waals surface area contributed by atoms with Crippen LogP contribution in [-0.4, -0.2) is 6.10 Å². The normalized spacial score (nSPS) is 26.0. The number of ether oxygens (including phenoxy) is 1. The minimum Gasteiger partial charge on any atom is -0.364 e. The quantitative estimate of drug-likeness (QED) is 0.541. The number of benzene rings is 2. The van der Waals surface area contributed by atoms with Crippen LogP contribution < -0.4 is 0 Å². The molecule has 0 N–H and O–H groups in total. The van der Waals surface area contributed by atoms with Crippen LogP contribution in [0.15, 0.2) is 36.4 Å². The van der Waals surface area contributed by atoms with Gasteiger partial charge in [0.05, 0.1) is 6.10 Å². The number of epoxide rings is 1. The molecule has 0 aromatic heterocycles. The Kier molecular flexibility index (Phi) is 1.58. The van der Waals surface area contributed by atoms with E-state index in [-0.39, 0.29) is 0 Å². The van der Waals surface area contributed by atoms with E-state index in [0.717, 1.165) is 6.42 Å². The molecule has 1 fully saturated rings. The van der Waals surface area contributed by atoms with Crippen molar-refractivity contribution in [2.24, 2.45) is 0 Å². The summed E-state index contributed by atoms with van der Waals surface area (Å²) in [6.07, 6.45) is 4.44. The second-order valence-corrected chi connectivity index (χ2v) is 5.68. The molecule has 2 aliphatic carbocycles. The number of hydrogen-bond donors (Lipinski definition) is 0. The van der Waals surface area contributed by atoms with Gasteiger partial charge in [-0.1, -0.05) is 30.3 Å². The first-order chi connectivity index (χ1) is 8.90. The zero-order valence-electron chi connectivity index (χ0n) is 10.1. The van der Waals surface area contributed by atoms with Crippen molar-refractivity contribution < 1.29 is 4.74 Å². The summed E-state index contributed by atoms with van der Waals surface area (Å²) in [7, 11) is 0. The molecule has 2 unspecified atom stereocenters. The van der Waals surface area contributed by atoms with E-state index in [0.29, 0.717) is 12.2 Å². The highest BCUT2D eigenvalue weighted by Crippen LogP contribution is 2.49. The van der Waals surface area contributed by atoms with Crippen LogP contribution in [0.25, 0.3) is 11.1 Å². The van der Waals surface area contributed by atoms with Crippen molar-refractivity contribution in [3.8, 4) is 11.1 Å². The molecule has 0 radical (unpaired) electrons. The molecule has 18 heavy (non-hydrogen) atoms. The van der Waals surface area contributed by atoms with Gasteiger partial charge in [-0.3, -0.25) is 0 Å². The van der Waals surface area contributed by atoms with Crippen molar-refractivity contribution in [2.75, 3.05) is 0 Å². The number of hydrogen-bond acceptors (Lipinski definition) is 1. The van der Waals surface area contributed by atoms with Crippen molar-refractivity contribution in [3.05, 3.63) is 58.7 Å². The minimum absolute atomic E-state index is 0.409. The van der Waals surface area contributed by atoms with Crippen LogP contribution in [0.5, 0.6) is 0 Å². The van der Waals surface area contributed by atoms with Crippen molar-refractivity contribution in [2.45, 2.75) is 31.5 Å². The van der Waals surface area contributed by atoms with E-state index in [2.05, 4.69) is 36.4 Å². The molecule has 1 aliphatic heterocycles. The third-order valence-corrected chi connectivity index (χ3v) is 4.64. The van der Waals surface area contributed by atoms with Crippen LogP contribution in [0.2, 0.25) is 0 Å². The van der Waals surface area contributed by atoms with E-state index in [4.69, 9.17) is 4.74 Å². The van der Waals surface area contributed by atoms with E-state index < -0.39 is 0 Å². The van der Waals surface area contributed by atoms with E-state index in [9.17, 15) is 0 Å². The highest BCUT2D eigenvalue weighted by atomic mass is 16.6. The van der Waals surface area contributed by atoms with E-state index in [1.807, 2.05) is 0 Å². The van der Waals surface area contributed by atoms with Gasteiger partial charge in [-0.15, -0.1) is 0 Å². The van der Waals surface area contributed by atoms with Gasteiger partial charge in [0.25, 0.3) is 0 Å². The topological polar surface area (TPSA) is 12.5 Å². The summed E-state index contributed by atoms with van der Waals surface area (Å²) in [6, 6.07) is 13.6. The fourth-order valence-corrected chi connectivity index (χ4v) is 3.67. The van der Waals surface area contributed by atoms with Crippen LogP contribution in [0.1, 0.15) is 34.8 Å². The maximum atomic E-state index is 5.75. The molecule has 1 saturated heterocycles. The number of fused-ring (bicyclic) bond motifs is 6. The van der Waals surface area contributed by atoms with E-state index in [1.54, 1.807) is 0 Å². The van der Waals surface area contributed by atoms with E-state index >= 15 is 0 Å². The Hall–Kier alpha value is -1.60.